The summed E-state index contributed by atoms with van der Waals surface area (Å²) in [6, 6.07) is 0.483. The van der Waals surface area contributed by atoms with Gasteiger partial charge in [-0.2, -0.15) is 0 Å². The highest BCUT2D eigenvalue weighted by molar-refractivity contribution is 6.54. The molecule has 3 heterocycles. The molecule has 8 heteroatoms. The molecule has 0 N–H and O–H groups in total. The number of likely N-dealkylation sites (tertiary alicyclic amines) is 1. The Labute approximate surface area is 149 Å². The molecule has 138 valence electrons. The summed E-state index contributed by atoms with van der Waals surface area (Å²) in [5.74, 6) is 0. The minimum Gasteiger partial charge on any atom is -0.398 e. The van der Waals surface area contributed by atoms with Crippen molar-refractivity contribution in [1.29, 1.82) is 0 Å². The normalized spacial score (nSPS) is 26.6. The molecule has 2 saturated heterocycles. The maximum Gasteiger partial charge on any atom is 0.525 e. The van der Waals surface area contributed by atoms with Crippen LogP contribution < -0.4 is 0 Å². The molecule has 2 fully saturated rings. The first kappa shape index (κ1) is 18.5. The molecule has 0 amide bonds. The number of halogens is 1. The molecule has 25 heavy (non-hydrogen) atoms. The van der Waals surface area contributed by atoms with E-state index in [1.54, 1.807) is 10.9 Å². The summed E-state index contributed by atoms with van der Waals surface area (Å²) in [4.78, 5) is 2.45. The van der Waals surface area contributed by atoms with Crippen LogP contribution in [0.5, 0.6) is 0 Å². The summed E-state index contributed by atoms with van der Waals surface area (Å²) in [6.07, 6.45) is 5.51. The van der Waals surface area contributed by atoms with Gasteiger partial charge >= 0.3 is 7.12 Å². The first-order chi connectivity index (χ1) is 11.7. The molecule has 1 atom stereocenters. The van der Waals surface area contributed by atoms with Crippen molar-refractivity contribution in [3.05, 3.63) is 17.6 Å². The molecule has 3 rings (SSSR count). The third kappa shape index (κ3) is 3.81. The highest BCUT2D eigenvalue weighted by Gasteiger charge is 2.53. The quantitative estimate of drug-likeness (QED) is 0.765. The Morgan fingerprint density at radius 2 is 2.04 bits per heavy atom. The van der Waals surface area contributed by atoms with E-state index in [-0.39, 0.29) is 0 Å². The fraction of sp³-hybridized carbons (Fsp3) is 0.765. The standard InChI is InChI=1S/C17H28BFN4O2/c1-6-22-9-7-8-14(22)12-23-11-13(20-21-23)10-15(19)18-24-16(2,3)17(4,5)25-18/h10-11,14H,6-9,12H2,1-5H3. The lowest BCUT2D eigenvalue weighted by molar-refractivity contribution is 0.00578. The monoisotopic (exact) mass is 350 g/mol. The minimum absolute atomic E-state index is 0.480. The molecular formula is C17H28BFN4O2. The van der Waals surface area contributed by atoms with E-state index in [2.05, 4.69) is 22.1 Å². The van der Waals surface area contributed by atoms with E-state index in [9.17, 15) is 4.39 Å². The highest BCUT2D eigenvalue weighted by atomic mass is 19.1. The zero-order chi connectivity index (χ0) is 18.2. The summed E-state index contributed by atoms with van der Waals surface area (Å²) in [7, 11) is -0.999. The third-order valence-corrected chi connectivity index (χ3v) is 5.62. The van der Waals surface area contributed by atoms with Gasteiger partial charge in [0.15, 0.2) is 0 Å². The molecule has 1 unspecified atom stereocenters. The van der Waals surface area contributed by atoms with Gasteiger partial charge in [0.05, 0.1) is 23.9 Å². The number of aromatic nitrogens is 3. The second-order valence-electron chi connectivity index (χ2n) is 7.91. The molecule has 1 aromatic heterocycles. The van der Waals surface area contributed by atoms with Gasteiger partial charge in [-0.05, 0) is 59.7 Å². The van der Waals surface area contributed by atoms with Crippen molar-refractivity contribution >= 4 is 13.2 Å². The largest absolute Gasteiger partial charge is 0.525 e. The highest BCUT2D eigenvalue weighted by Crippen LogP contribution is 2.38. The molecule has 0 spiro atoms. The summed E-state index contributed by atoms with van der Waals surface area (Å²) < 4.78 is 27.8. The van der Waals surface area contributed by atoms with Gasteiger partial charge < -0.3 is 9.31 Å². The summed E-state index contributed by atoms with van der Waals surface area (Å²) in [6.45, 7) is 12.7. The van der Waals surface area contributed by atoms with Crippen LogP contribution in [-0.4, -0.2) is 57.3 Å². The van der Waals surface area contributed by atoms with E-state index in [1.165, 1.54) is 18.9 Å². The molecule has 1 aromatic rings. The molecule has 2 aliphatic rings. The van der Waals surface area contributed by atoms with Gasteiger partial charge in [0.1, 0.15) is 11.4 Å². The van der Waals surface area contributed by atoms with Crippen LogP contribution in [0.4, 0.5) is 4.39 Å². The molecule has 0 bridgehead atoms. The van der Waals surface area contributed by atoms with Crippen LogP contribution in [0.2, 0.25) is 0 Å². The number of hydrogen-bond acceptors (Lipinski definition) is 5. The van der Waals surface area contributed by atoms with E-state index in [4.69, 9.17) is 9.31 Å². The van der Waals surface area contributed by atoms with Gasteiger partial charge in [0, 0.05) is 6.04 Å². The van der Waals surface area contributed by atoms with Crippen LogP contribution in [0, 0.1) is 0 Å². The zero-order valence-electron chi connectivity index (χ0n) is 15.8. The average molecular weight is 350 g/mol. The first-order valence-electron chi connectivity index (χ1n) is 9.09. The van der Waals surface area contributed by atoms with E-state index in [0.29, 0.717) is 11.7 Å². The van der Waals surface area contributed by atoms with Crippen molar-refractivity contribution in [2.45, 2.75) is 71.2 Å². The summed E-state index contributed by atoms with van der Waals surface area (Å²) >= 11 is 0. The molecule has 2 aliphatic heterocycles. The van der Waals surface area contributed by atoms with Crippen LogP contribution in [0.25, 0.3) is 6.08 Å². The number of nitrogens with zero attached hydrogens (tertiary/aromatic N) is 4. The molecular weight excluding hydrogens is 322 g/mol. The predicted octanol–water partition coefficient (Wildman–Crippen LogP) is 2.70. The predicted molar refractivity (Wildman–Crippen MR) is 95.5 cm³/mol. The third-order valence-electron chi connectivity index (χ3n) is 5.62. The van der Waals surface area contributed by atoms with Crippen molar-refractivity contribution in [2.24, 2.45) is 0 Å². The van der Waals surface area contributed by atoms with Gasteiger partial charge in [0.2, 0.25) is 0 Å². The van der Waals surface area contributed by atoms with Crippen LogP contribution in [0.15, 0.2) is 11.9 Å². The average Bonchev–Trinajstić information content (AvgIpc) is 3.19. The Bertz CT molecular complexity index is 630. The molecule has 0 aliphatic carbocycles. The van der Waals surface area contributed by atoms with Crippen LogP contribution in [0.3, 0.4) is 0 Å². The topological polar surface area (TPSA) is 52.4 Å². The van der Waals surface area contributed by atoms with E-state index < -0.39 is 24.0 Å². The van der Waals surface area contributed by atoms with Crippen LogP contribution in [-0.2, 0) is 15.9 Å². The first-order valence-corrected chi connectivity index (χ1v) is 9.09. The fourth-order valence-corrected chi connectivity index (χ4v) is 3.37. The lowest BCUT2D eigenvalue weighted by Gasteiger charge is -2.32. The second-order valence-corrected chi connectivity index (χ2v) is 7.91. The molecule has 0 radical (unpaired) electrons. The Balaban J connectivity index is 1.65. The van der Waals surface area contributed by atoms with Gasteiger partial charge in [-0.25, -0.2) is 4.39 Å². The smallest absolute Gasteiger partial charge is 0.398 e. The lowest BCUT2D eigenvalue weighted by atomic mass is 9.87. The Morgan fingerprint density at radius 1 is 1.36 bits per heavy atom. The zero-order valence-corrected chi connectivity index (χ0v) is 15.8. The van der Waals surface area contributed by atoms with E-state index in [0.717, 1.165) is 19.6 Å². The van der Waals surface area contributed by atoms with Crippen molar-refractivity contribution < 1.29 is 13.7 Å². The summed E-state index contributed by atoms with van der Waals surface area (Å²) in [5, 5.41) is 8.19. The maximum atomic E-state index is 14.5. The SMILES string of the molecule is CCN1CCCC1Cn1cc(C=C(F)B2OC(C)(C)C(C)(C)O2)nn1. The van der Waals surface area contributed by atoms with Crippen LogP contribution in [0.1, 0.15) is 53.2 Å². The van der Waals surface area contributed by atoms with Crippen molar-refractivity contribution in [2.75, 3.05) is 13.1 Å². The molecule has 0 saturated carbocycles. The number of rotatable bonds is 5. The van der Waals surface area contributed by atoms with E-state index >= 15 is 0 Å². The number of likely N-dealkylation sites (N-methyl/N-ethyl adjacent to an activating group) is 1. The summed E-state index contributed by atoms with van der Waals surface area (Å²) in [5.41, 5.74) is -1.13. The second kappa shape index (κ2) is 6.81. The van der Waals surface area contributed by atoms with Crippen molar-refractivity contribution in [3.8, 4) is 0 Å². The maximum absolute atomic E-state index is 14.5. The Hall–Kier alpha value is -1.25. The van der Waals surface area contributed by atoms with Gasteiger partial charge in [-0.3, -0.25) is 9.58 Å². The van der Waals surface area contributed by atoms with E-state index in [1.807, 2.05) is 27.7 Å². The van der Waals surface area contributed by atoms with Gasteiger partial charge in [-0.1, -0.05) is 12.1 Å². The minimum atomic E-state index is -0.999. The van der Waals surface area contributed by atoms with Gasteiger partial charge in [-0.15, -0.1) is 5.10 Å². The lowest BCUT2D eigenvalue weighted by Crippen LogP contribution is -2.41. The number of hydrogen-bond donors (Lipinski definition) is 0. The molecule has 6 nitrogen and oxygen atoms in total. The fourth-order valence-electron chi connectivity index (χ4n) is 3.37. The van der Waals surface area contributed by atoms with Crippen molar-refractivity contribution in [3.63, 3.8) is 0 Å². The Kier molecular flexibility index (Phi) is 5.05. The van der Waals surface area contributed by atoms with Crippen molar-refractivity contribution in [1.82, 2.24) is 19.9 Å². The molecule has 0 aromatic carbocycles. The van der Waals surface area contributed by atoms with Gasteiger partial charge in [0.25, 0.3) is 0 Å². The Morgan fingerprint density at radius 3 is 2.68 bits per heavy atom. The van der Waals surface area contributed by atoms with Crippen LogP contribution >= 0.6 is 0 Å².